The summed E-state index contributed by atoms with van der Waals surface area (Å²) < 4.78 is 5.80. The molecular formula is C22H19Cl3N2O2. The van der Waals surface area contributed by atoms with Crippen LogP contribution in [-0.2, 0) is 6.61 Å². The molecule has 0 saturated heterocycles. The summed E-state index contributed by atoms with van der Waals surface area (Å²) in [6.45, 7) is 1.05. The Morgan fingerprint density at radius 3 is 2.31 bits per heavy atom. The number of halogens is 3. The monoisotopic (exact) mass is 448 g/mol. The highest BCUT2D eigenvalue weighted by molar-refractivity contribution is 6.37. The number of ether oxygens (including phenoxy) is 1. The van der Waals surface area contributed by atoms with Crippen molar-refractivity contribution in [3.05, 3.63) is 92.9 Å². The second-order valence-corrected chi connectivity index (χ2v) is 7.56. The number of rotatable bonds is 7. The fraction of sp³-hybridized carbons (Fsp3) is 0.136. The SMILES string of the molecule is NCCN(C(=O)c1ccc(Cl)cc1Cl)c1ccc(OCc2cccc(Cl)c2)cc1. The first-order valence-electron chi connectivity index (χ1n) is 8.92. The Morgan fingerprint density at radius 1 is 0.931 bits per heavy atom. The zero-order valence-corrected chi connectivity index (χ0v) is 17.7. The molecule has 0 fully saturated rings. The van der Waals surface area contributed by atoms with Crippen LogP contribution in [0.4, 0.5) is 5.69 Å². The third-order valence-corrected chi connectivity index (χ3v) is 4.99. The van der Waals surface area contributed by atoms with Crippen molar-refractivity contribution in [3.8, 4) is 5.75 Å². The average molecular weight is 450 g/mol. The summed E-state index contributed by atoms with van der Waals surface area (Å²) in [6.07, 6.45) is 0. The Morgan fingerprint density at radius 2 is 1.66 bits per heavy atom. The Hall–Kier alpha value is -2.24. The average Bonchev–Trinajstić information content (AvgIpc) is 2.71. The van der Waals surface area contributed by atoms with Crippen molar-refractivity contribution in [2.24, 2.45) is 5.73 Å². The van der Waals surface area contributed by atoms with Gasteiger partial charge in [0.05, 0.1) is 10.6 Å². The third kappa shape index (κ3) is 5.64. The van der Waals surface area contributed by atoms with Gasteiger partial charge in [-0.25, -0.2) is 0 Å². The normalized spacial score (nSPS) is 10.6. The number of anilines is 1. The number of hydrogen-bond donors (Lipinski definition) is 1. The highest BCUT2D eigenvalue weighted by Crippen LogP contribution is 2.26. The molecule has 0 saturated carbocycles. The molecule has 1 amide bonds. The maximum Gasteiger partial charge on any atom is 0.259 e. The van der Waals surface area contributed by atoms with E-state index >= 15 is 0 Å². The van der Waals surface area contributed by atoms with Gasteiger partial charge >= 0.3 is 0 Å². The van der Waals surface area contributed by atoms with Crippen LogP contribution in [-0.4, -0.2) is 19.0 Å². The molecule has 0 unspecified atom stereocenters. The van der Waals surface area contributed by atoms with E-state index in [4.69, 9.17) is 45.3 Å². The van der Waals surface area contributed by atoms with Gasteiger partial charge in [-0.3, -0.25) is 4.79 Å². The van der Waals surface area contributed by atoms with Gasteiger partial charge in [-0.1, -0.05) is 46.9 Å². The van der Waals surface area contributed by atoms with Gasteiger partial charge in [0.2, 0.25) is 0 Å². The van der Waals surface area contributed by atoms with Crippen LogP contribution in [0.3, 0.4) is 0 Å². The fourth-order valence-corrected chi connectivity index (χ4v) is 3.50. The van der Waals surface area contributed by atoms with E-state index in [9.17, 15) is 4.79 Å². The predicted octanol–water partition coefficient (Wildman–Crippen LogP) is 5.83. The lowest BCUT2D eigenvalue weighted by Crippen LogP contribution is -2.35. The number of nitrogens with zero attached hydrogens (tertiary/aromatic N) is 1. The van der Waals surface area contributed by atoms with Crippen molar-refractivity contribution in [1.82, 2.24) is 0 Å². The molecule has 29 heavy (non-hydrogen) atoms. The number of carbonyl (C=O) groups excluding carboxylic acids is 1. The number of amides is 1. The maximum absolute atomic E-state index is 13.0. The van der Waals surface area contributed by atoms with Gasteiger partial charge in [0, 0.05) is 28.8 Å². The molecule has 0 heterocycles. The summed E-state index contributed by atoms with van der Waals surface area (Å²) in [5, 5.41) is 1.43. The summed E-state index contributed by atoms with van der Waals surface area (Å²) >= 11 is 18.1. The summed E-state index contributed by atoms with van der Waals surface area (Å²) in [4.78, 5) is 14.6. The van der Waals surface area contributed by atoms with Crippen molar-refractivity contribution >= 4 is 46.4 Å². The topological polar surface area (TPSA) is 55.6 Å². The van der Waals surface area contributed by atoms with E-state index in [1.165, 1.54) is 0 Å². The maximum atomic E-state index is 13.0. The van der Waals surface area contributed by atoms with Crippen LogP contribution < -0.4 is 15.4 Å². The van der Waals surface area contributed by atoms with Crippen LogP contribution in [0.15, 0.2) is 66.7 Å². The van der Waals surface area contributed by atoms with Gasteiger partial charge in [0.25, 0.3) is 5.91 Å². The van der Waals surface area contributed by atoms with Crippen molar-refractivity contribution < 1.29 is 9.53 Å². The number of nitrogens with two attached hydrogens (primary N) is 1. The molecule has 0 radical (unpaired) electrons. The van der Waals surface area contributed by atoms with E-state index < -0.39 is 0 Å². The van der Waals surface area contributed by atoms with E-state index in [-0.39, 0.29) is 5.91 Å². The Balaban J connectivity index is 1.75. The zero-order chi connectivity index (χ0) is 20.8. The minimum absolute atomic E-state index is 0.246. The Labute approximate surface area is 184 Å². The quantitative estimate of drug-likeness (QED) is 0.493. The fourth-order valence-electron chi connectivity index (χ4n) is 2.80. The van der Waals surface area contributed by atoms with E-state index in [1.54, 1.807) is 35.2 Å². The van der Waals surface area contributed by atoms with Gasteiger partial charge in [-0.2, -0.15) is 0 Å². The largest absolute Gasteiger partial charge is 0.489 e. The first kappa shape index (κ1) is 21.5. The molecule has 3 aromatic carbocycles. The van der Waals surface area contributed by atoms with Crippen LogP contribution in [0.1, 0.15) is 15.9 Å². The first-order valence-corrected chi connectivity index (χ1v) is 10.1. The summed E-state index contributed by atoms with van der Waals surface area (Å²) in [5.41, 5.74) is 7.75. The highest BCUT2D eigenvalue weighted by atomic mass is 35.5. The molecule has 4 nitrogen and oxygen atoms in total. The second kappa shape index (κ2) is 9.99. The van der Waals surface area contributed by atoms with Crippen LogP contribution in [0.25, 0.3) is 0 Å². The molecule has 2 N–H and O–H groups in total. The lowest BCUT2D eigenvalue weighted by atomic mass is 10.1. The second-order valence-electron chi connectivity index (χ2n) is 6.28. The molecule has 7 heteroatoms. The van der Waals surface area contributed by atoms with Crippen LogP contribution >= 0.6 is 34.8 Å². The molecule has 0 bridgehead atoms. The van der Waals surface area contributed by atoms with Crippen molar-refractivity contribution in [3.63, 3.8) is 0 Å². The van der Waals surface area contributed by atoms with Gasteiger partial charge in [-0.15, -0.1) is 0 Å². The Bertz CT molecular complexity index is 994. The van der Waals surface area contributed by atoms with Gasteiger partial charge in [-0.05, 0) is 60.2 Å². The Kier molecular flexibility index (Phi) is 7.40. The molecule has 3 rings (SSSR count). The molecule has 0 aliphatic carbocycles. The van der Waals surface area contributed by atoms with Gasteiger partial charge in [0.15, 0.2) is 0 Å². The summed E-state index contributed by atoms with van der Waals surface area (Å²) in [7, 11) is 0. The molecule has 0 aliphatic rings. The third-order valence-electron chi connectivity index (χ3n) is 4.20. The molecule has 0 aliphatic heterocycles. The van der Waals surface area contributed by atoms with E-state index in [0.29, 0.717) is 51.8 Å². The highest BCUT2D eigenvalue weighted by Gasteiger charge is 2.20. The van der Waals surface area contributed by atoms with Crippen LogP contribution in [0.5, 0.6) is 5.75 Å². The minimum Gasteiger partial charge on any atom is -0.489 e. The number of carbonyl (C=O) groups is 1. The van der Waals surface area contributed by atoms with Gasteiger partial charge < -0.3 is 15.4 Å². The number of benzene rings is 3. The summed E-state index contributed by atoms with van der Waals surface area (Å²) in [6, 6.07) is 19.5. The minimum atomic E-state index is -0.246. The number of hydrogen-bond acceptors (Lipinski definition) is 3. The van der Waals surface area contributed by atoms with Crippen molar-refractivity contribution in [1.29, 1.82) is 0 Å². The predicted molar refractivity (Wildman–Crippen MR) is 119 cm³/mol. The van der Waals surface area contributed by atoms with Crippen LogP contribution in [0, 0.1) is 0 Å². The van der Waals surface area contributed by atoms with Crippen molar-refractivity contribution in [2.75, 3.05) is 18.0 Å². The molecule has 0 atom stereocenters. The molecule has 0 aromatic heterocycles. The summed E-state index contributed by atoms with van der Waals surface area (Å²) in [5.74, 6) is 0.433. The van der Waals surface area contributed by atoms with Gasteiger partial charge in [0.1, 0.15) is 12.4 Å². The first-order chi connectivity index (χ1) is 14.0. The van der Waals surface area contributed by atoms with E-state index in [0.717, 1.165) is 5.56 Å². The van der Waals surface area contributed by atoms with Crippen LogP contribution in [0.2, 0.25) is 15.1 Å². The molecule has 3 aromatic rings. The van der Waals surface area contributed by atoms with Crippen molar-refractivity contribution in [2.45, 2.75) is 6.61 Å². The molecule has 150 valence electrons. The lowest BCUT2D eigenvalue weighted by molar-refractivity contribution is 0.0987. The smallest absolute Gasteiger partial charge is 0.259 e. The van der Waals surface area contributed by atoms with E-state index in [2.05, 4.69) is 0 Å². The van der Waals surface area contributed by atoms with E-state index in [1.807, 2.05) is 36.4 Å². The standard InChI is InChI=1S/C22H19Cl3N2O2/c23-16-3-1-2-15(12-16)14-29-19-7-5-18(6-8-19)27(11-10-26)22(28)20-9-4-17(24)13-21(20)25/h1-9,12-13H,10-11,14,26H2. The molecule has 0 spiro atoms. The lowest BCUT2D eigenvalue weighted by Gasteiger charge is -2.23. The molecular weight excluding hydrogens is 431 g/mol. The zero-order valence-electron chi connectivity index (χ0n) is 15.4.